The van der Waals surface area contributed by atoms with Gasteiger partial charge in [-0.2, -0.15) is 0 Å². The number of carbonyl (C=O) groups excluding carboxylic acids is 1. The maximum Gasteiger partial charge on any atom is 0.333 e. The van der Waals surface area contributed by atoms with Crippen LogP contribution in [0.25, 0.3) is 0 Å². The van der Waals surface area contributed by atoms with Crippen LogP contribution in [0.1, 0.15) is 86.0 Å². The summed E-state index contributed by atoms with van der Waals surface area (Å²) >= 11 is 0. The lowest BCUT2D eigenvalue weighted by Crippen LogP contribution is -2.47. The summed E-state index contributed by atoms with van der Waals surface area (Å²) in [5.74, 6) is 3.51. The summed E-state index contributed by atoms with van der Waals surface area (Å²) in [7, 11) is 0. The van der Waals surface area contributed by atoms with Crippen molar-refractivity contribution in [1.29, 1.82) is 0 Å². The van der Waals surface area contributed by atoms with Crippen molar-refractivity contribution < 1.29 is 9.53 Å². The molecule has 0 atom stereocenters. The highest BCUT2D eigenvalue weighted by molar-refractivity contribution is 5.87. The molecule has 2 nitrogen and oxygen atoms in total. The van der Waals surface area contributed by atoms with Crippen LogP contribution in [0.4, 0.5) is 0 Å². The van der Waals surface area contributed by atoms with Crippen LogP contribution in [0.5, 0.6) is 0 Å². The lowest BCUT2D eigenvalue weighted by atomic mass is 9.64. The van der Waals surface area contributed by atoms with Crippen LogP contribution in [0.3, 0.4) is 0 Å². The predicted octanol–water partition coefficient (Wildman–Crippen LogP) is 6.15. The van der Waals surface area contributed by atoms with Crippen molar-refractivity contribution in [3.8, 4) is 0 Å². The van der Waals surface area contributed by atoms with Crippen LogP contribution in [0.15, 0.2) is 12.2 Å². The maximum absolute atomic E-state index is 12.3. The number of rotatable bonds is 5. The molecule has 0 unspecified atom stereocenters. The molecule has 2 heteroatoms. The number of hydrogen-bond acceptors (Lipinski definition) is 2. The summed E-state index contributed by atoms with van der Waals surface area (Å²) in [5.41, 5.74) is 0.319. The molecule has 2 aliphatic rings. The lowest BCUT2D eigenvalue weighted by Gasteiger charge is -2.48. The Morgan fingerprint density at radius 1 is 0.917 bits per heavy atom. The number of hydrogen-bond donors (Lipinski definition) is 0. The zero-order valence-electron chi connectivity index (χ0n) is 16.6. The van der Waals surface area contributed by atoms with Gasteiger partial charge in [-0.05, 0) is 87.9 Å². The second-order valence-electron chi connectivity index (χ2n) is 9.17. The summed E-state index contributed by atoms with van der Waals surface area (Å²) in [6, 6.07) is 0. The molecule has 138 valence electrons. The minimum atomic E-state index is -0.219. The van der Waals surface area contributed by atoms with Gasteiger partial charge in [0.05, 0.1) is 0 Å². The van der Waals surface area contributed by atoms with E-state index in [2.05, 4.69) is 34.3 Å². The summed E-state index contributed by atoms with van der Waals surface area (Å²) < 4.78 is 6.17. The van der Waals surface area contributed by atoms with Crippen molar-refractivity contribution >= 4 is 5.97 Å². The molecule has 0 saturated heterocycles. The van der Waals surface area contributed by atoms with Gasteiger partial charge in [0.1, 0.15) is 5.60 Å². The molecule has 0 radical (unpaired) electrons. The fraction of sp³-hybridized carbons (Fsp3) is 0.864. The van der Waals surface area contributed by atoms with Gasteiger partial charge in [0.25, 0.3) is 0 Å². The first-order valence-corrected chi connectivity index (χ1v) is 10.1. The first-order chi connectivity index (χ1) is 11.2. The number of carbonyl (C=O) groups is 1. The molecule has 2 fully saturated rings. The molecule has 0 heterocycles. The standard InChI is InChI=1S/C22H38O2/c1-15(2)18-7-9-20(10-8-18)22(24-21(23)17(5)6)13-11-19(12-14-22)16(3)4/h15-16,18-20H,5,7-14H2,1-4,6H3. The topological polar surface area (TPSA) is 26.3 Å². The molecule has 2 rings (SSSR count). The highest BCUT2D eigenvalue weighted by Gasteiger charge is 2.46. The predicted molar refractivity (Wildman–Crippen MR) is 101 cm³/mol. The molecule has 0 aromatic carbocycles. The molecule has 0 bridgehead atoms. The average molecular weight is 335 g/mol. The van der Waals surface area contributed by atoms with Crippen molar-refractivity contribution in [2.45, 2.75) is 91.6 Å². The van der Waals surface area contributed by atoms with Gasteiger partial charge in [0.2, 0.25) is 0 Å². The van der Waals surface area contributed by atoms with Gasteiger partial charge in [0, 0.05) is 5.57 Å². The Morgan fingerprint density at radius 2 is 1.38 bits per heavy atom. The van der Waals surface area contributed by atoms with E-state index >= 15 is 0 Å². The van der Waals surface area contributed by atoms with E-state index in [9.17, 15) is 4.79 Å². The van der Waals surface area contributed by atoms with E-state index in [0.717, 1.165) is 36.5 Å². The Kier molecular flexibility index (Phi) is 6.56. The highest BCUT2D eigenvalue weighted by atomic mass is 16.6. The Hall–Kier alpha value is -0.790. The quantitative estimate of drug-likeness (QED) is 0.445. The second-order valence-corrected chi connectivity index (χ2v) is 9.17. The number of esters is 1. The minimum absolute atomic E-state index is 0.177. The molecule has 0 aromatic heterocycles. The third-order valence-electron chi connectivity index (χ3n) is 6.92. The fourth-order valence-corrected chi connectivity index (χ4v) is 4.97. The van der Waals surface area contributed by atoms with Crippen LogP contribution in [0, 0.1) is 29.6 Å². The van der Waals surface area contributed by atoms with Gasteiger partial charge in [-0.25, -0.2) is 4.79 Å². The number of ether oxygens (including phenoxy) is 1. The van der Waals surface area contributed by atoms with Gasteiger partial charge in [-0.3, -0.25) is 0 Å². The normalized spacial score (nSPS) is 34.4. The van der Waals surface area contributed by atoms with Gasteiger partial charge in [0.15, 0.2) is 0 Å². The lowest BCUT2D eigenvalue weighted by molar-refractivity contribution is -0.171. The Labute approximate surface area is 149 Å². The highest BCUT2D eigenvalue weighted by Crippen LogP contribution is 2.48. The second kappa shape index (κ2) is 8.06. The Bertz CT molecular complexity index is 433. The average Bonchev–Trinajstić information content (AvgIpc) is 2.55. The van der Waals surface area contributed by atoms with Crippen molar-refractivity contribution in [1.82, 2.24) is 0 Å². The molecule has 0 aliphatic heterocycles. The third-order valence-corrected chi connectivity index (χ3v) is 6.92. The van der Waals surface area contributed by atoms with Crippen molar-refractivity contribution in [2.75, 3.05) is 0 Å². The summed E-state index contributed by atoms with van der Waals surface area (Å²) in [4.78, 5) is 12.3. The monoisotopic (exact) mass is 334 g/mol. The molecule has 0 aromatic rings. The van der Waals surface area contributed by atoms with E-state index in [1.165, 1.54) is 38.5 Å². The summed E-state index contributed by atoms with van der Waals surface area (Å²) in [6.45, 7) is 14.9. The van der Waals surface area contributed by atoms with E-state index in [4.69, 9.17) is 4.74 Å². The van der Waals surface area contributed by atoms with Gasteiger partial charge in [-0.1, -0.05) is 34.3 Å². The van der Waals surface area contributed by atoms with Crippen molar-refractivity contribution in [2.24, 2.45) is 29.6 Å². The summed E-state index contributed by atoms with van der Waals surface area (Å²) in [5, 5.41) is 0. The van der Waals surface area contributed by atoms with E-state index < -0.39 is 0 Å². The van der Waals surface area contributed by atoms with Crippen LogP contribution < -0.4 is 0 Å². The molecule has 0 amide bonds. The van der Waals surface area contributed by atoms with Crippen LogP contribution >= 0.6 is 0 Å². The first kappa shape index (κ1) is 19.5. The van der Waals surface area contributed by atoms with Crippen LogP contribution in [-0.4, -0.2) is 11.6 Å². The first-order valence-electron chi connectivity index (χ1n) is 10.1. The van der Waals surface area contributed by atoms with E-state index in [1.54, 1.807) is 6.92 Å². The van der Waals surface area contributed by atoms with Crippen molar-refractivity contribution in [3.05, 3.63) is 12.2 Å². The molecule has 24 heavy (non-hydrogen) atoms. The zero-order valence-corrected chi connectivity index (χ0v) is 16.6. The van der Waals surface area contributed by atoms with Gasteiger partial charge >= 0.3 is 5.97 Å². The molecule has 0 spiro atoms. The van der Waals surface area contributed by atoms with E-state index in [1.807, 2.05) is 0 Å². The van der Waals surface area contributed by atoms with Crippen LogP contribution in [-0.2, 0) is 9.53 Å². The van der Waals surface area contributed by atoms with Gasteiger partial charge in [-0.15, -0.1) is 0 Å². The summed E-state index contributed by atoms with van der Waals surface area (Å²) in [6.07, 6.45) is 9.52. The molecular weight excluding hydrogens is 296 g/mol. The third kappa shape index (κ3) is 4.43. The maximum atomic E-state index is 12.3. The van der Waals surface area contributed by atoms with Crippen molar-refractivity contribution in [3.63, 3.8) is 0 Å². The largest absolute Gasteiger partial charge is 0.455 e. The van der Waals surface area contributed by atoms with Crippen LogP contribution in [0.2, 0.25) is 0 Å². The molecule has 2 aliphatic carbocycles. The minimum Gasteiger partial charge on any atom is -0.455 e. The van der Waals surface area contributed by atoms with E-state index in [-0.39, 0.29) is 11.6 Å². The SMILES string of the molecule is C=C(C)C(=O)OC1(C2CCC(C(C)C)CC2)CCC(C(C)C)CC1. The molecule has 0 N–H and O–H groups in total. The zero-order chi connectivity index (χ0) is 17.9. The van der Waals surface area contributed by atoms with E-state index in [0.29, 0.717) is 11.5 Å². The fourth-order valence-electron chi connectivity index (χ4n) is 4.97. The Balaban J connectivity index is 2.09. The van der Waals surface area contributed by atoms with Gasteiger partial charge < -0.3 is 4.74 Å². The smallest absolute Gasteiger partial charge is 0.333 e. The Morgan fingerprint density at radius 3 is 1.79 bits per heavy atom. The molecule has 2 saturated carbocycles. The molecular formula is C22H38O2.